The Bertz CT molecular complexity index is 565. The molecule has 21 heavy (non-hydrogen) atoms. The third-order valence-electron chi connectivity index (χ3n) is 3.13. The molecule has 0 aliphatic rings. The maximum Gasteiger partial charge on any atom is 0.315 e. The zero-order chi connectivity index (χ0) is 15.2. The lowest BCUT2D eigenvalue weighted by Gasteiger charge is -2.16. The van der Waals surface area contributed by atoms with Crippen molar-refractivity contribution in [2.45, 2.75) is 45.7 Å². The van der Waals surface area contributed by atoms with Gasteiger partial charge in [0.2, 0.25) is 0 Å². The van der Waals surface area contributed by atoms with Gasteiger partial charge in [-0.15, -0.1) is 11.3 Å². The Morgan fingerprint density at radius 1 is 1.43 bits per heavy atom. The van der Waals surface area contributed by atoms with Crippen LogP contribution in [0.25, 0.3) is 0 Å². The number of thiazole rings is 1. The summed E-state index contributed by atoms with van der Waals surface area (Å²) in [6, 6.07) is 3.47. The Morgan fingerprint density at radius 3 is 2.86 bits per heavy atom. The molecule has 0 fully saturated rings. The number of carbonyl (C=O) groups is 1. The molecule has 2 N–H and O–H groups in total. The van der Waals surface area contributed by atoms with Crippen LogP contribution in [0.15, 0.2) is 28.2 Å². The highest BCUT2D eigenvalue weighted by atomic mass is 32.1. The Labute approximate surface area is 128 Å². The second kappa shape index (κ2) is 7.26. The molecule has 5 nitrogen and oxygen atoms in total. The van der Waals surface area contributed by atoms with E-state index in [9.17, 15) is 4.79 Å². The highest BCUT2D eigenvalue weighted by molar-refractivity contribution is 7.09. The van der Waals surface area contributed by atoms with Crippen molar-refractivity contribution in [2.24, 2.45) is 0 Å². The number of aromatic nitrogens is 1. The molecule has 2 rings (SSSR count). The molecule has 0 aromatic carbocycles. The Kier molecular flexibility index (Phi) is 5.38. The minimum atomic E-state index is -0.187. The number of aryl methyl sites for hydroxylation is 1. The minimum absolute atomic E-state index is 0.00462. The van der Waals surface area contributed by atoms with Crippen molar-refractivity contribution >= 4 is 17.4 Å². The predicted octanol–water partition coefficient (Wildman–Crippen LogP) is 3.29. The fourth-order valence-electron chi connectivity index (χ4n) is 2.00. The average Bonchev–Trinajstić information content (AvgIpc) is 3.08. The summed E-state index contributed by atoms with van der Waals surface area (Å²) in [5, 5.41) is 8.90. The van der Waals surface area contributed by atoms with Crippen LogP contribution >= 0.6 is 11.3 Å². The van der Waals surface area contributed by atoms with Crippen LogP contribution in [-0.2, 0) is 12.8 Å². The molecule has 0 radical (unpaired) electrons. The molecule has 0 bridgehead atoms. The van der Waals surface area contributed by atoms with E-state index < -0.39 is 0 Å². The molecular formula is C15H21N3O2S. The molecule has 6 heteroatoms. The Hall–Kier alpha value is -1.82. The Morgan fingerprint density at radius 2 is 2.24 bits per heavy atom. The quantitative estimate of drug-likeness (QED) is 0.860. The van der Waals surface area contributed by atoms with Gasteiger partial charge in [-0.25, -0.2) is 9.78 Å². The van der Waals surface area contributed by atoms with E-state index in [0.717, 1.165) is 22.9 Å². The van der Waals surface area contributed by atoms with Gasteiger partial charge in [-0.3, -0.25) is 0 Å². The average molecular weight is 307 g/mol. The molecule has 0 aliphatic carbocycles. The van der Waals surface area contributed by atoms with E-state index in [2.05, 4.69) is 22.5 Å². The number of carbonyl (C=O) groups excluding carboxylic acids is 1. The van der Waals surface area contributed by atoms with E-state index in [1.165, 1.54) is 0 Å². The van der Waals surface area contributed by atoms with Gasteiger partial charge in [0.05, 0.1) is 23.0 Å². The summed E-state index contributed by atoms with van der Waals surface area (Å²) >= 11 is 1.63. The van der Waals surface area contributed by atoms with Gasteiger partial charge in [0, 0.05) is 17.8 Å². The van der Waals surface area contributed by atoms with Crippen molar-refractivity contribution < 1.29 is 9.21 Å². The van der Waals surface area contributed by atoms with E-state index in [0.29, 0.717) is 6.42 Å². The van der Waals surface area contributed by atoms with Crippen molar-refractivity contribution in [1.29, 1.82) is 0 Å². The van der Waals surface area contributed by atoms with Crippen molar-refractivity contribution in [3.63, 3.8) is 0 Å². The highest BCUT2D eigenvalue weighted by Gasteiger charge is 2.14. The number of amides is 2. The maximum atomic E-state index is 12.0. The monoisotopic (exact) mass is 307 g/mol. The highest BCUT2D eigenvalue weighted by Crippen LogP contribution is 2.16. The van der Waals surface area contributed by atoms with Crippen LogP contribution in [-0.4, -0.2) is 17.1 Å². The predicted molar refractivity (Wildman–Crippen MR) is 83.4 cm³/mol. The topological polar surface area (TPSA) is 67.2 Å². The third-order valence-corrected chi connectivity index (χ3v) is 4.14. The van der Waals surface area contributed by atoms with Crippen LogP contribution in [0.5, 0.6) is 0 Å². The largest absolute Gasteiger partial charge is 0.469 e. The number of hydrogen-bond donors (Lipinski definition) is 2. The van der Waals surface area contributed by atoms with E-state index in [1.54, 1.807) is 17.6 Å². The molecule has 0 saturated carbocycles. The molecule has 2 aromatic rings. The van der Waals surface area contributed by atoms with Gasteiger partial charge in [0.25, 0.3) is 0 Å². The number of hydrogen-bond acceptors (Lipinski definition) is 4. The molecule has 0 aliphatic heterocycles. The fourth-order valence-corrected chi connectivity index (χ4v) is 2.84. The van der Waals surface area contributed by atoms with E-state index >= 15 is 0 Å². The molecule has 114 valence electrons. The molecule has 0 spiro atoms. The first-order valence-corrected chi connectivity index (χ1v) is 8.00. The zero-order valence-corrected chi connectivity index (χ0v) is 13.4. The van der Waals surface area contributed by atoms with Crippen LogP contribution < -0.4 is 10.6 Å². The lowest BCUT2D eigenvalue weighted by molar-refractivity contribution is 0.234. The summed E-state index contributed by atoms with van der Waals surface area (Å²) in [7, 11) is 0. The SMILES string of the molecule is CCc1nc([C@H](C)NC(=O)N[C@H](C)Cc2ccco2)cs1. The standard InChI is InChI=1S/C15H21N3O2S/c1-4-14-18-13(9-21-14)11(3)17-15(19)16-10(2)8-12-6-5-7-20-12/h5-7,9-11H,4,8H2,1-3H3,(H2,16,17,19)/t10-,11+/m1/s1. The number of nitrogens with zero attached hydrogens (tertiary/aromatic N) is 1. The van der Waals surface area contributed by atoms with E-state index in [1.807, 2.05) is 31.4 Å². The van der Waals surface area contributed by atoms with Crippen molar-refractivity contribution in [3.8, 4) is 0 Å². The summed E-state index contributed by atoms with van der Waals surface area (Å²) in [6.07, 6.45) is 3.23. The van der Waals surface area contributed by atoms with Crippen LogP contribution in [0.2, 0.25) is 0 Å². The minimum Gasteiger partial charge on any atom is -0.469 e. The summed E-state index contributed by atoms with van der Waals surface area (Å²) in [5.74, 6) is 0.864. The molecule has 2 amide bonds. The maximum absolute atomic E-state index is 12.0. The molecule has 2 aromatic heterocycles. The smallest absolute Gasteiger partial charge is 0.315 e. The summed E-state index contributed by atoms with van der Waals surface area (Å²) in [5.41, 5.74) is 0.908. The van der Waals surface area contributed by atoms with Crippen molar-refractivity contribution in [2.75, 3.05) is 0 Å². The molecule has 2 heterocycles. The summed E-state index contributed by atoms with van der Waals surface area (Å²) in [6.45, 7) is 5.96. The van der Waals surface area contributed by atoms with Gasteiger partial charge < -0.3 is 15.1 Å². The zero-order valence-electron chi connectivity index (χ0n) is 12.6. The van der Waals surface area contributed by atoms with Crippen LogP contribution in [0.4, 0.5) is 4.79 Å². The Balaban J connectivity index is 1.80. The van der Waals surface area contributed by atoms with Gasteiger partial charge in [-0.1, -0.05) is 6.92 Å². The molecule has 0 saturated heterocycles. The molecule has 2 atom stereocenters. The van der Waals surface area contributed by atoms with Crippen LogP contribution in [0.1, 0.15) is 43.3 Å². The van der Waals surface area contributed by atoms with Gasteiger partial charge in [-0.05, 0) is 32.4 Å². The third kappa shape index (κ3) is 4.60. The number of furan rings is 1. The first kappa shape index (κ1) is 15.6. The van der Waals surface area contributed by atoms with Gasteiger partial charge in [0.1, 0.15) is 5.76 Å². The van der Waals surface area contributed by atoms with Crippen LogP contribution in [0, 0.1) is 0 Å². The van der Waals surface area contributed by atoms with E-state index in [-0.39, 0.29) is 18.1 Å². The number of urea groups is 1. The van der Waals surface area contributed by atoms with Crippen molar-refractivity contribution in [1.82, 2.24) is 15.6 Å². The van der Waals surface area contributed by atoms with Crippen LogP contribution in [0.3, 0.4) is 0 Å². The second-order valence-electron chi connectivity index (χ2n) is 5.04. The summed E-state index contributed by atoms with van der Waals surface area (Å²) in [4.78, 5) is 16.4. The van der Waals surface area contributed by atoms with Gasteiger partial charge in [0.15, 0.2) is 0 Å². The lowest BCUT2D eigenvalue weighted by Crippen LogP contribution is -2.42. The first-order valence-electron chi connectivity index (χ1n) is 7.12. The first-order chi connectivity index (χ1) is 10.1. The normalized spacial score (nSPS) is 13.7. The van der Waals surface area contributed by atoms with Crippen molar-refractivity contribution in [3.05, 3.63) is 40.2 Å². The molecule has 0 unspecified atom stereocenters. The number of rotatable bonds is 6. The van der Waals surface area contributed by atoms with Gasteiger partial charge >= 0.3 is 6.03 Å². The lowest BCUT2D eigenvalue weighted by atomic mass is 10.2. The fraction of sp³-hybridized carbons (Fsp3) is 0.467. The summed E-state index contributed by atoms with van der Waals surface area (Å²) < 4.78 is 5.27. The molecular weight excluding hydrogens is 286 g/mol. The van der Waals surface area contributed by atoms with Gasteiger partial charge in [-0.2, -0.15) is 0 Å². The number of nitrogens with one attached hydrogen (secondary N) is 2. The van der Waals surface area contributed by atoms with E-state index in [4.69, 9.17) is 4.42 Å². The second-order valence-corrected chi connectivity index (χ2v) is 5.99.